The van der Waals surface area contributed by atoms with Crippen LogP contribution >= 0.6 is 0 Å². The topological polar surface area (TPSA) is 29.5 Å². The van der Waals surface area contributed by atoms with Crippen LogP contribution in [0.1, 0.15) is 26.3 Å². The summed E-state index contributed by atoms with van der Waals surface area (Å²) < 4.78 is 5.67. The summed E-state index contributed by atoms with van der Waals surface area (Å²) in [6, 6.07) is 7.77. The molecule has 1 aromatic carbocycles. The first kappa shape index (κ1) is 14.7. The smallest absolute Gasteiger partial charge is 0.134 e. The van der Waals surface area contributed by atoms with Crippen LogP contribution in [0.5, 0.6) is 5.75 Å². The third-order valence-corrected chi connectivity index (χ3v) is 2.95. The summed E-state index contributed by atoms with van der Waals surface area (Å²) in [6.07, 6.45) is 0.500. The molecule has 0 spiro atoms. The third kappa shape index (κ3) is 5.32. The van der Waals surface area contributed by atoms with Crippen LogP contribution in [0.25, 0.3) is 0 Å². The van der Waals surface area contributed by atoms with E-state index in [1.54, 1.807) is 6.92 Å². The number of Topliss-reactive ketones (excluding diaryl/α,β-unsaturated/α-hetero) is 1. The molecule has 1 aromatic rings. The lowest BCUT2D eigenvalue weighted by Gasteiger charge is -2.18. The number of ketones is 1. The lowest BCUT2D eigenvalue weighted by molar-refractivity contribution is -0.116. The number of likely N-dealkylation sites (N-methyl/N-ethyl adjacent to an activating group) is 1. The number of ether oxygens (including phenoxy) is 1. The van der Waals surface area contributed by atoms with Crippen molar-refractivity contribution in [3.8, 4) is 5.75 Å². The highest BCUT2D eigenvalue weighted by Gasteiger charge is 2.01. The molecule has 0 aromatic heterocycles. The monoisotopic (exact) mass is 249 g/mol. The molecule has 0 heterocycles. The zero-order valence-electron chi connectivity index (χ0n) is 11.6. The average Bonchev–Trinajstić information content (AvgIpc) is 2.36. The normalized spacial score (nSPS) is 10.7. The van der Waals surface area contributed by atoms with Gasteiger partial charge in [-0.2, -0.15) is 0 Å². The Kier molecular flexibility index (Phi) is 6.44. The van der Waals surface area contributed by atoms with Gasteiger partial charge < -0.3 is 9.64 Å². The van der Waals surface area contributed by atoms with Gasteiger partial charge in [0.05, 0.1) is 0 Å². The molecule has 0 bridgehead atoms. The van der Waals surface area contributed by atoms with Gasteiger partial charge in [-0.1, -0.05) is 26.0 Å². The van der Waals surface area contributed by atoms with Crippen molar-refractivity contribution in [2.45, 2.75) is 27.2 Å². The molecular weight excluding hydrogens is 226 g/mol. The summed E-state index contributed by atoms with van der Waals surface area (Å²) in [5, 5.41) is 0. The molecule has 0 saturated heterocycles. The van der Waals surface area contributed by atoms with Crippen LogP contribution in [-0.2, 0) is 11.2 Å². The second-order valence-electron chi connectivity index (χ2n) is 4.40. The fraction of sp³-hybridized carbons (Fsp3) is 0.533. The molecule has 0 unspecified atom stereocenters. The lowest BCUT2D eigenvalue weighted by atomic mass is 10.1. The summed E-state index contributed by atoms with van der Waals surface area (Å²) in [4.78, 5) is 13.3. The molecule has 100 valence electrons. The van der Waals surface area contributed by atoms with E-state index >= 15 is 0 Å². The van der Waals surface area contributed by atoms with Crippen molar-refractivity contribution in [2.75, 3.05) is 26.2 Å². The minimum Gasteiger partial charge on any atom is -0.492 e. The molecule has 0 amide bonds. The van der Waals surface area contributed by atoms with Gasteiger partial charge in [-0.05, 0) is 37.7 Å². The van der Waals surface area contributed by atoms with Gasteiger partial charge in [0.2, 0.25) is 0 Å². The van der Waals surface area contributed by atoms with Crippen LogP contribution in [0.15, 0.2) is 24.3 Å². The van der Waals surface area contributed by atoms with Crippen LogP contribution in [-0.4, -0.2) is 36.9 Å². The summed E-state index contributed by atoms with van der Waals surface area (Å²) in [5.74, 6) is 1.06. The molecule has 18 heavy (non-hydrogen) atoms. The van der Waals surface area contributed by atoms with Gasteiger partial charge in [-0.25, -0.2) is 0 Å². The molecule has 0 aliphatic carbocycles. The quantitative estimate of drug-likeness (QED) is 0.709. The summed E-state index contributed by atoms with van der Waals surface area (Å²) in [5.41, 5.74) is 1.04. The molecule has 0 atom stereocenters. The van der Waals surface area contributed by atoms with Crippen molar-refractivity contribution in [3.63, 3.8) is 0 Å². The fourth-order valence-corrected chi connectivity index (χ4v) is 1.82. The highest BCUT2D eigenvalue weighted by atomic mass is 16.5. The van der Waals surface area contributed by atoms with E-state index in [0.29, 0.717) is 13.0 Å². The minimum absolute atomic E-state index is 0.185. The van der Waals surface area contributed by atoms with E-state index in [9.17, 15) is 4.79 Å². The Balaban J connectivity index is 2.37. The van der Waals surface area contributed by atoms with Crippen LogP contribution < -0.4 is 4.74 Å². The number of benzene rings is 1. The van der Waals surface area contributed by atoms with Crippen molar-refractivity contribution in [2.24, 2.45) is 0 Å². The Morgan fingerprint density at radius 3 is 2.28 bits per heavy atom. The van der Waals surface area contributed by atoms with Crippen LogP contribution in [0, 0.1) is 0 Å². The van der Waals surface area contributed by atoms with E-state index < -0.39 is 0 Å². The summed E-state index contributed by atoms with van der Waals surface area (Å²) in [6.45, 7) is 9.67. The largest absolute Gasteiger partial charge is 0.492 e. The zero-order chi connectivity index (χ0) is 13.4. The Bertz CT molecular complexity index is 355. The second-order valence-corrected chi connectivity index (χ2v) is 4.40. The standard InChI is InChI=1S/C15H23NO2/c1-4-16(5-2)10-11-18-15-8-6-14(7-9-15)12-13(3)17/h6-9H,4-5,10-12H2,1-3H3. The van der Waals surface area contributed by atoms with Crippen molar-refractivity contribution in [1.82, 2.24) is 4.90 Å². The van der Waals surface area contributed by atoms with Crippen molar-refractivity contribution in [3.05, 3.63) is 29.8 Å². The molecule has 0 saturated carbocycles. The maximum Gasteiger partial charge on any atom is 0.134 e. The van der Waals surface area contributed by atoms with Crippen LogP contribution in [0.4, 0.5) is 0 Å². The van der Waals surface area contributed by atoms with Gasteiger partial charge >= 0.3 is 0 Å². The molecule has 3 nitrogen and oxygen atoms in total. The Morgan fingerprint density at radius 2 is 1.78 bits per heavy atom. The van der Waals surface area contributed by atoms with Crippen LogP contribution in [0.3, 0.4) is 0 Å². The van der Waals surface area contributed by atoms with Crippen LogP contribution in [0.2, 0.25) is 0 Å². The Morgan fingerprint density at radius 1 is 1.17 bits per heavy atom. The molecule has 0 aliphatic heterocycles. The van der Waals surface area contributed by atoms with Crippen molar-refractivity contribution < 1.29 is 9.53 Å². The number of hydrogen-bond acceptors (Lipinski definition) is 3. The molecular formula is C15H23NO2. The van der Waals surface area contributed by atoms with Gasteiger partial charge in [0.25, 0.3) is 0 Å². The van der Waals surface area contributed by atoms with E-state index in [0.717, 1.165) is 30.9 Å². The number of carbonyl (C=O) groups is 1. The Labute approximate surface area is 110 Å². The maximum atomic E-state index is 11.0. The van der Waals surface area contributed by atoms with Crippen molar-refractivity contribution >= 4 is 5.78 Å². The molecule has 3 heteroatoms. The van der Waals surface area contributed by atoms with Gasteiger partial charge in [-0.3, -0.25) is 4.79 Å². The second kappa shape index (κ2) is 7.88. The zero-order valence-corrected chi connectivity index (χ0v) is 11.6. The average molecular weight is 249 g/mol. The summed E-state index contributed by atoms with van der Waals surface area (Å²) in [7, 11) is 0. The fourth-order valence-electron chi connectivity index (χ4n) is 1.82. The first-order valence-corrected chi connectivity index (χ1v) is 6.59. The van der Waals surface area contributed by atoms with Gasteiger partial charge in [-0.15, -0.1) is 0 Å². The minimum atomic E-state index is 0.185. The molecule has 0 N–H and O–H groups in total. The van der Waals surface area contributed by atoms with E-state index in [1.165, 1.54) is 0 Å². The highest BCUT2D eigenvalue weighted by molar-refractivity contribution is 5.78. The maximum absolute atomic E-state index is 11.0. The highest BCUT2D eigenvalue weighted by Crippen LogP contribution is 2.12. The predicted molar refractivity (Wildman–Crippen MR) is 74.1 cm³/mol. The van der Waals surface area contributed by atoms with E-state index in [4.69, 9.17) is 4.74 Å². The number of hydrogen-bond donors (Lipinski definition) is 0. The number of nitrogens with zero attached hydrogens (tertiary/aromatic N) is 1. The molecule has 0 radical (unpaired) electrons. The summed E-state index contributed by atoms with van der Waals surface area (Å²) >= 11 is 0. The third-order valence-electron chi connectivity index (χ3n) is 2.95. The van der Waals surface area contributed by atoms with Crippen molar-refractivity contribution in [1.29, 1.82) is 0 Å². The molecule has 1 rings (SSSR count). The first-order chi connectivity index (χ1) is 8.65. The SMILES string of the molecule is CCN(CC)CCOc1ccc(CC(C)=O)cc1. The van der Waals surface area contributed by atoms with Gasteiger partial charge in [0.1, 0.15) is 18.1 Å². The first-order valence-electron chi connectivity index (χ1n) is 6.59. The predicted octanol–water partition coefficient (Wildman–Crippen LogP) is 2.54. The van der Waals surface area contributed by atoms with E-state index in [2.05, 4.69) is 18.7 Å². The lowest BCUT2D eigenvalue weighted by Crippen LogP contribution is -2.27. The van der Waals surface area contributed by atoms with E-state index in [1.807, 2.05) is 24.3 Å². The van der Waals surface area contributed by atoms with Gasteiger partial charge in [0.15, 0.2) is 0 Å². The number of rotatable bonds is 8. The van der Waals surface area contributed by atoms with E-state index in [-0.39, 0.29) is 5.78 Å². The Hall–Kier alpha value is -1.35. The number of carbonyl (C=O) groups excluding carboxylic acids is 1. The van der Waals surface area contributed by atoms with Gasteiger partial charge in [0, 0.05) is 13.0 Å². The molecule has 0 aliphatic rings. The molecule has 0 fully saturated rings.